The monoisotopic (exact) mass is 312 g/mol. The Morgan fingerprint density at radius 2 is 1.59 bits per heavy atom. The van der Waals surface area contributed by atoms with E-state index < -0.39 is 6.08 Å². The minimum atomic E-state index is -0.456. The summed E-state index contributed by atoms with van der Waals surface area (Å²) in [6.07, 6.45) is 10.1. The molecule has 22 heavy (non-hydrogen) atoms. The number of halogens is 1. The van der Waals surface area contributed by atoms with E-state index in [4.69, 9.17) is 4.74 Å². The molecule has 0 aliphatic rings. The first-order chi connectivity index (χ1) is 10.5. The van der Waals surface area contributed by atoms with Gasteiger partial charge in [0.25, 0.3) is 6.08 Å². The topological polar surface area (TPSA) is 27.1 Å². The number of imidazole rings is 1. The molecule has 1 heterocycles. The van der Waals surface area contributed by atoms with Crippen molar-refractivity contribution < 1.29 is 9.13 Å². The van der Waals surface area contributed by atoms with Gasteiger partial charge in [-0.15, -0.1) is 0 Å². The molecule has 1 atom stereocenters. The van der Waals surface area contributed by atoms with Crippen LogP contribution in [0.1, 0.15) is 84.3 Å². The molecule has 0 radical (unpaired) electrons. The van der Waals surface area contributed by atoms with Gasteiger partial charge < -0.3 is 4.74 Å². The maximum absolute atomic E-state index is 13.9. The number of hydrogen-bond acceptors (Lipinski definition) is 2. The summed E-state index contributed by atoms with van der Waals surface area (Å²) in [6, 6.07) is 0. The number of hydrogen-bond donors (Lipinski definition) is 0. The molecule has 0 saturated heterocycles. The molecule has 128 valence electrons. The fraction of sp³-hybridized carbons (Fsp3) is 0.833. The Kier molecular flexibility index (Phi) is 7.91. The van der Waals surface area contributed by atoms with E-state index in [2.05, 4.69) is 25.8 Å². The first kappa shape index (κ1) is 19.0. The van der Waals surface area contributed by atoms with Gasteiger partial charge in [-0.2, -0.15) is 4.39 Å². The Bertz CT molecular complexity index is 445. The normalized spacial score (nSPS) is 14.1. The third-order valence-corrected chi connectivity index (χ3v) is 4.67. The Balaban J connectivity index is 2.95. The highest BCUT2D eigenvalue weighted by Gasteiger charge is 2.33. The molecule has 1 rings (SSSR count). The fourth-order valence-corrected chi connectivity index (χ4v) is 3.15. The number of rotatable bonds is 11. The molecule has 0 amide bonds. The molecule has 1 aromatic rings. The van der Waals surface area contributed by atoms with Gasteiger partial charge in [0.2, 0.25) is 5.88 Å². The molecule has 0 saturated carbocycles. The molecule has 1 aromatic heterocycles. The van der Waals surface area contributed by atoms with E-state index in [9.17, 15) is 4.39 Å². The van der Waals surface area contributed by atoms with E-state index in [0.29, 0.717) is 5.88 Å². The maximum atomic E-state index is 13.9. The summed E-state index contributed by atoms with van der Waals surface area (Å²) in [7, 11) is 3.28. The largest absolute Gasteiger partial charge is 0.481 e. The zero-order valence-electron chi connectivity index (χ0n) is 15.0. The second-order valence-corrected chi connectivity index (χ2v) is 6.63. The van der Waals surface area contributed by atoms with Crippen LogP contribution in [0.3, 0.4) is 0 Å². The Morgan fingerprint density at radius 1 is 1.05 bits per heavy atom. The van der Waals surface area contributed by atoms with E-state index in [-0.39, 0.29) is 5.41 Å². The van der Waals surface area contributed by atoms with Crippen molar-refractivity contribution in [2.24, 2.45) is 7.05 Å². The van der Waals surface area contributed by atoms with Gasteiger partial charge >= 0.3 is 0 Å². The van der Waals surface area contributed by atoms with Crippen LogP contribution in [0.15, 0.2) is 0 Å². The first-order valence-electron chi connectivity index (χ1n) is 8.76. The molecule has 0 spiro atoms. The molecule has 0 aromatic carbocycles. The molecule has 3 nitrogen and oxygen atoms in total. The Labute approximate surface area is 135 Å². The molecule has 0 aliphatic heterocycles. The zero-order chi connectivity index (χ0) is 16.6. The van der Waals surface area contributed by atoms with Gasteiger partial charge in [-0.25, -0.2) is 4.98 Å². The zero-order valence-corrected chi connectivity index (χ0v) is 15.0. The highest BCUT2D eigenvalue weighted by atomic mass is 19.1. The van der Waals surface area contributed by atoms with Crippen molar-refractivity contribution in [3.05, 3.63) is 11.8 Å². The standard InChI is InChI=1S/C18H33FN2O/c1-6-8-10-12-14-18(3,13-11-9-7-2)15-16(22-5)21(4)17(19)20-15/h6-14H2,1-5H3. The van der Waals surface area contributed by atoms with Crippen LogP contribution in [0.25, 0.3) is 0 Å². The summed E-state index contributed by atoms with van der Waals surface area (Å²) in [5.74, 6) is 0.576. The van der Waals surface area contributed by atoms with Crippen molar-refractivity contribution in [2.45, 2.75) is 84.0 Å². The minimum absolute atomic E-state index is 0.101. The van der Waals surface area contributed by atoms with E-state index >= 15 is 0 Å². The molecule has 0 aliphatic carbocycles. The predicted molar refractivity (Wildman–Crippen MR) is 90.0 cm³/mol. The second kappa shape index (κ2) is 9.16. The molecule has 1 unspecified atom stereocenters. The highest BCUT2D eigenvalue weighted by Crippen LogP contribution is 2.39. The lowest BCUT2D eigenvalue weighted by Gasteiger charge is -2.29. The van der Waals surface area contributed by atoms with Crippen molar-refractivity contribution in [1.82, 2.24) is 9.55 Å². The van der Waals surface area contributed by atoms with Crippen molar-refractivity contribution >= 4 is 0 Å². The highest BCUT2D eigenvalue weighted by molar-refractivity contribution is 5.29. The average molecular weight is 312 g/mol. The van der Waals surface area contributed by atoms with Crippen LogP contribution in [0.4, 0.5) is 4.39 Å². The van der Waals surface area contributed by atoms with Crippen molar-refractivity contribution in [2.75, 3.05) is 7.11 Å². The van der Waals surface area contributed by atoms with E-state index in [1.165, 1.54) is 36.7 Å². The molecule has 0 fully saturated rings. The number of ether oxygens (including phenoxy) is 1. The third-order valence-electron chi connectivity index (χ3n) is 4.67. The van der Waals surface area contributed by atoms with Crippen LogP contribution in [0, 0.1) is 6.08 Å². The SMILES string of the molecule is CCCCCCC(C)(CCCCC)c1nc(F)n(C)c1OC. The van der Waals surface area contributed by atoms with Gasteiger partial charge in [0.15, 0.2) is 0 Å². The van der Waals surface area contributed by atoms with Crippen LogP contribution in [-0.2, 0) is 12.5 Å². The Hall–Kier alpha value is -1.06. The summed E-state index contributed by atoms with van der Waals surface area (Å²) >= 11 is 0. The summed E-state index contributed by atoms with van der Waals surface area (Å²) < 4.78 is 20.8. The summed E-state index contributed by atoms with van der Waals surface area (Å²) in [5.41, 5.74) is 0.693. The number of methoxy groups -OCH3 is 1. The smallest absolute Gasteiger partial charge is 0.292 e. The van der Waals surface area contributed by atoms with Crippen molar-refractivity contribution in [1.29, 1.82) is 0 Å². The van der Waals surface area contributed by atoms with Gasteiger partial charge in [-0.3, -0.25) is 4.57 Å². The van der Waals surface area contributed by atoms with E-state index in [1.54, 1.807) is 14.2 Å². The van der Waals surface area contributed by atoms with Gasteiger partial charge in [0.05, 0.1) is 7.11 Å². The van der Waals surface area contributed by atoms with Gasteiger partial charge in [-0.05, 0) is 12.8 Å². The summed E-state index contributed by atoms with van der Waals surface area (Å²) in [5, 5.41) is 0. The summed E-state index contributed by atoms with van der Waals surface area (Å²) in [6.45, 7) is 6.65. The van der Waals surface area contributed by atoms with Gasteiger partial charge in [-0.1, -0.05) is 65.7 Å². The van der Waals surface area contributed by atoms with Gasteiger partial charge in [0.1, 0.15) is 5.69 Å². The quantitative estimate of drug-likeness (QED) is 0.513. The van der Waals surface area contributed by atoms with E-state index in [0.717, 1.165) is 31.4 Å². The number of aromatic nitrogens is 2. The van der Waals surface area contributed by atoms with E-state index in [1.807, 2.05) is 0 Å². The lowest BCUT2D eigenvalue weighted by Crippen LogP contribution is -2.23. The molecular formula is C18H33FN2O. The van der Waals surface area contributed by atoms with Crippen LogP contribution in [0.2, 0.25) is 0 Å². The minimum Gasteiger partial charge on any atom is -0.481 e. The molecular weight excluding hydrogens is 279 g/mol. The summed E-state index contributed by atoms with van der Waals surface area (Å²) in [4.78, 5) is 4.20. The Morgan fingerprint density at radius 3 is 2.14 bits per heavy atom. The van der Waals surface area contributed by atoms with Crippen LogP contribution in [-0.4, -0.2) is 16.7 Å². The molecule has 0 N–H and O–H groups in total. The fourth-order valence-electron chi connectivity index (χ4n) is 3.15. The van der Waals surface area contributed by atoms with Crippen LogP contribution in [0.5, 0.6) is 5.88 Å². The van der Waals surface area contributed by atoms with Crippen LogP contribution < -0.4 is 4.74 Å². The first-order valence-corrected chi connectivity index (χ1v) is 8.76. The maximum Gasteiger partial charge on any atom is 0.292 e. The lowest BCUT2D eigenvalue weighted by atomic mass is 9.77. The predicted octanol–water partition coefficient (Wildman–Crippen LogP) is 5.38. The third kappa shape index (κ3) is 4.72. The number of nitrogens with zero attached hydrogens (tertiary/aromatic N) is 2. The van der Waals surface area contributed by atoms with Crippen LogP contribution >= 0.6 is 0 Å². The van der Waals surface area contributed by atoms with Crippen molar-refractivity contribution in [3.8, 4) is 5.88 Å². The molecule has 4 heteroatoms. The average Bonchev–Trinajstić information content (AvgIpc) is 2.80. The number of unbranched alkanes of at least 4 members (excludes halogenated alkanes) is 5. The van der Waals surface area contributed by atoms with Crippen molar-refractivity contribution in [3.63, 3.8) is 0 Å². The van der Waals surface area contributed by atoms with Gasteiger partial charge in [0, 0.05) is 12.5 Å². The molecule has 0 bridgehead atoms. The lowest BCUT2D eigenvalue weighted by molar-refractivity contribution is 0.322. The second-order valence-electron chi connectivity index (χ2n) is 6.63.